The van der Waals surface area contributed by atoms with Crippen molar-refractivity contribution < 1.29 is 4.79 Å². The van der Waals surface area contributed by atoms with Crippen molar-refractivity contribution in [2.24, 2.45) is 5.10 Å². The van der Waals surface area contributed by atoms with Crippen molar-refractivity contribution in [2.45, 2.75) is 25.9 Å². The van der Waals surface area contributed by atoms with Crippen molar-refractivity contribution in [1.29, 1.82) is 0 Å². The summed E-state index contributed by atoms with van der Waals surface area (Å²) in [6.45, 7) is 5.32. The molecule has 0 amide bonds. The number of hydrazone groups is 1. The molecule has 1 heterocycles. The number of nitrogens with one attached hydrogen (secondary N) is 1. The summed E-state index contributed by atoms with van der Waals surface area (Å²) in [7, 11) is 0. The van der Waals surface area contributed by atoms with Gasteiger partial charge in [0.1, 0.15) is 0 Å². The molecular formula is C18H17ClN6OS. The number of ketones is 1. The van der Waals surface area contributed by atoms with Crippen molar-refractivity contribution in [3.63, 3.8) is 0 Å². The lowest BCUT2D eigenvalue weighted by Crippen LogP contribution is -2.10. The molecule has 27 heavy (non-hydrogen) atoms. The highest BCUT2D eigenvalue weighted by molar-refractivity contribution is 8.15. The van der Waals surface area contributed by atoms with Crippen LogP contribution in [0.1, 0.15) is 18.1 Å². The van der Waals surface area contributed by atoms with Crippen molar-refractivity contribution in [3.8, 4) is 5.69 Å². The lowest BCUT2D eigenvalue weighted by Gasteiger charge is -2.08. The molecule has 3 rings (SSSR count). The molecule has 0 aliphatic carbocycles. The molecule has 0 radical (unpaired) electrons. The Kier molecular flexibility index (Phi) is 5.88. The molecule has 0 aliphatic heterocycles. The second-order valence-electron chi connectivity index (χ2n) is 5.81. The zero-order valence-corrected chi connectivity index (χ0v) is 16.5. The number of hydrogen-bond acceptors (Lipinski definition) is 7. The molecule has 0 saturated carbocycles. The van der Waals surface area contributed by atoms with E-state index in [9.17, 15) is 4.79 Å². The number of hydrogen-bond donors (Lipinski definition) is 1. The number of carbonyl (C=O) groups excluding carboxylic acids is 1. The standard InChI is InChI=1S/C18H17ClN6OS/c1-11-7-9-14(10-8-11)25-18(22-23-24-25)27-17(13(3)26)21-20-16-6-4-5-15(19)12(16)2/h4-10,20H,1-3H3/b21-17-. The lowest BCUT2D eigenvalue weighted by molar-refractivity contribution is -0.110. The van der Waals surface area contributed by atoms with Crippen LogP contribution in [0.15, 0.2) is 52.7 Å². The summed E-state index contributed by atoms with van der Waals surface area (Å²) in [5.41, 5.74) is 6.40. The predicted molar refractivity (Wildman–Crippen MR) is 108 cm³/mol. The largest absolute Gasteiger partial charge is 0.292 e. The van der Waals surface area contributed by atoms with Gasteiger partial charge in [-0.2, -0.15) is 9.78 Å². The van der Waals surface area contributed by atoms with Crippen LogP contribution in [0.5, 0.6) is 0 Å². The first kappa shape index (κ1) is 19.1. The molecule has 138 valence electrons. The Morgan fingerprint density at radius 1 is 1.19 bits per heavy atom. The van der Waals surface area contributed by atoms with Gasteiger partial charge in [-0.3, -0.25) is 10.2 Å². The Morgan fingerprint density at radius 2 is 1.93 bits per heavy atom. The number of anilines is 1. The minimum absolute atomic E-state index is 0.203. The van der Waals surface area contributed by atoms with E-state index in [1.807, 2.05) is 50.2 Å². The molecule has 0 aliphatic rings. The summed E-state index contributed by atoms with van der Waals surface area (Å²) >= 11 is 7.21. The van der Waals surface area contributed by atoms with Gasteiger partial charge in [0, 0.05) is 11.9 Å². The van der Waals surface area contributed by atoms with Gasteiger partial charge in [-0.05, 0) is 65.9 Å². The molecular weight excluding hydrogens is 384 g/mol. The first-order valence-corrected chi connectivity index (χ1v) is 9.28. The topological polar surface area (TPSA) is 85.1 Å². The molecule has 0 saturated heterocycles. The van der Waals surface area contributed by atoms with Gasteiger partial charge in [0.2, 0.25) is 5.16 Å². The Balaban J connectivity index is 1.85. The van der Waals surface area contributed by atoms with E-state index >= 15 is 0 Å². The molecule has 3 aromatic rings. The predicted octanol–water partition coefficient (Wildman–Crippen LogP) is 4.04. The van der Waals surface area contributed by atoms with E-state index in [0.717, 1.165) is 34.3 Å². The molecule has 0 bridgehead atoms. The molecule has 0 fully saturated rings. The smallest absolute Gasteiger partial charge is 0.220 e. The van der Waals surface area contributed by atoms with Gasteiger partial charge >= 0.3 is 0 Å². The highest BCUT2D eigenvalue weighted by Gasteiger charge is 2.16. The summed E-state index contributed by atoms with van der Waals surface area (Å²) in [4.78, 5) is 12.0. The zero-order chi connectivity index (χ0) is 19.4. The van der Waals surface area contributed by atoms with E-state index in [4.69, 9.17) is 11.6 Å². The average Bonchev–Trinajstić information content (AvgIpc) is 3.10. The Labute approximate surface area is 165 Å². The molecule has 0 atom stereocenters. The van der Waals surface area contributed by atoms with E-state index < -0.39 is 0 Å². The number of carbonyl (C=O) groups is 1. The summed E-state index contributed by atoms with van der Waals surface area (Å²) in [5, 5.41) is 17.3. The van der Waals surface area contributed by atoms with E-state index in [1.54, 1.807) is 10.7 Å². The fraction of sp³-hybridized carbons (Fsp3) is 0.167. The van der Waals surface area contributed by atoms with E-state index in [1.165, 1.54) is 6.92 Å². The van der Waals surface area contributed by atoms with Crippen LogP contribution in [0.3, 0.4) is 0 Å². The summed E-state index contributed by atoms with van der Waals surface area (Å²) in [5.74, 6) is -0.203. The Morgan fingerprint density at radius 3 is 2.63 bits per heavy atom. The second kappa shape index (κ2) is 8.32. The first-order valence-electron chi connectivity index (χ1n) is 8.08. The Hall–Kier alpha value is -2.71. The minimum Gasteiger partial charge on any atom is -0.292 e. The number of nitrogens with zero attached hydrogens (tertiary/aromatic N) is 5. The minimum atomic E-state index is -0.203. The summed E-state index contributed by atoms with van der Waals surface area (Å²) in [6, 6.07) is 13.2. The average molecular weight is 401 g/mol. The van der Waals surface area contributed by atoms with E-state index in [-0.39, 0.29) is 10.8 Å². The van der Waals surface area contributed by atoms with Crippen molar-refractivity contribution in [3.05, 3.63) is 58.6 Å². The first-order chi connectivity index (χ1) is 13.0. The Bertz CT molecular complexity index is 999. The van der Waals surface area contributed by atoms with Gasteiger partial charge < -0.3 is 0 Å². The van der Waals surface area contributed by atoms with Gasteiger partial charge in [-0.25, -0.2) is 0 Å². The third-order valence-electron chi connectivity index (χ3n) is 3.75. The summed E-state index contributed by atoms with van der Waals surface area (Å²) in [6.07, 6.45) is 0. The van der Waals surface area contributed by atoms with Gasteiger partial charge in [0.25, 0.3) is 0 Å². The lowest BCUT2D eigenvalue weighted by atomic mass is 10.2. The fourth-order valence-corrected chi connectivity index (χ4v) is 3.08. The molecule has 9 heteroatoms. The molecule has 0 spiro atoms. The number of tetrazole rings is 1. The van der Waals surface area contributed by atoms with E-state index in [0.29, 0.717) is 10.2 Å². The monoisotopic (exact) mass is 400 g/mol. The quantitative estimate of drug-likeness (QED) is 0.301. The van der Waals surface area contributed by atoms with Crippen LogP contribution in [-0.4, -0.2) is 31.0 Å². The maximum Gasteiger partial charge on any atom is 0.220 e. The third-order valence-corrected chi connectivity index (χ3v) is 5.17. The van der Waals surface area contributed by atoms with Crippen LogP contribution in [0, 0.1) is 13.8 Å². The highest BCUT2D eigenvalue weighted by atomic mass is 35.5. The van der Waals surface area contributed by atoms with Crippen LogP contribution in [0.4, 0.5) is 5.69 Å². The summed E-state index contributed by atoms with van der Waals surface area (Å²) < 4.78 is 1.56. The third kappa shape index (κ3) is 4.53. The van der Waals surface area contributed by atoms with Crippen LogP contribution in [0.2, 0.25) is 5.02 Å². The zero-order valence-electron chi connectivity index (χ0n) is 15.0. The van der Waals surface area contributed by atoms with E-state index in [2.05, 4.69) is 26.1 Å². The number of thioether (sulfide) groups is 1. The van der Waals surface area contributed by atoms with Crippen LogP contribution >= 0.6 is 23.4 Å². The number of halogens is 1. The molecule has 1 aromatic heterocycles. The second-order valence-corrected chi connectivity index (χ2v) is 7.17. The number of benzene rings is 2. The van der Waals surface area contributed by atoms with Crippen LogP contribution < -0.4 is 5.43 Å². The molecule has 1 N–H and O–H groups in total. The van der Waals surface area contributed by atoms with Crippen LogP contribution in [0.25, 0.3) is 5.69 Å². The maximum atomic E-state index is 12.0. The van der Waals surface area contributed by atoms with Gasteiger partial charge in [0.15, 0.2) is 10.8 Å². The number of aryl methyl sites for hydroxylation is 1. The number of rotatable bonds is 5. The van der Waals surface area contributed by atoms with Crippen molar-refractivity contribution in [1.82, 2.24) is 20.2 Å². The normalized spacial score (nSPS) is 11.5. The number of aromatic nitrogens is 4. The highest BCUT2D eigenvalue weighted by Crippen LogP contribution is 2.24. The fourth-order valence-electron chi connectivity index (χ4n) is 2.19. The van der Waals surface area contributed by atoms with Crippen molar-refractivity contribution in [2.75, 3.05) is 5.43 Å². The maximum absolute atomic E-state index is 12.0. The van der Waals surface area contributed by atoms with Crippen LogP contribution in [-0.2, 0) is 4.79 Å². The molecule has 7 nitrogen and oxygen atoms in total. The van der Waals surface area contributed by atoms with Gasteiger partial charge in [-0.15, -0.1) is 5.10 Å². The SMILES string of the molecule is CC(=O)/C(=N/Nc1cccc(Cl)c1C)Sc1nnnn1-c1ccc(C)cc1. The molecule has 0 unspecified atom stereocenters. The number of Topliss-reactive ketones (excluding diaryl/α,β-unsaturated/α-hetero) is 1. The van der Waals surface area contributed by atoms with Crippen molar-refractivity contribution >= 4 is 39.9 Å². The van der Waals surface area contributed by atoms with Gasteiger partial charge in [0.05, 0.1) is 11.4 Å². The van der Waals surface area contributed by atoms with Gasteiger partial charge in [-0.1, -0.05) is 35.4 Å². The molecule has 2 aromatic carbocycles.